The highest BCUT2D eigenvalue weighted by atomic mass is 19.3. The minimum Gasteiger partial charge on any atom is -0.396 e. The lowest BCUT2D eigenvalue weighted by molar-refractivity contribution is 0.145. The number of aromatic nitrogens is 1. The minimum absolute atomic E-state index is 0.0306. The molecule has 0 aliphatic heterocycles. The Balaban J connectivity index is 3.25. The van der Waals surface area contributed by atoms with E-state index in [2.05, 4.69) is 4.98 Å². The number of rotatable bonds is 2. The lowest BCUT2D eigenvalue weighted by Gasteiger charge is -2.08. The highest BCUT2D eigenvalue weighted by Gasteiger charge is 2.15. The summed E-state index contributed by atoms with van der Waals surface area (Å²) in [4.78, 5) is 3.47. The lowest BCUT2D eigenvalue weighted by atomic mass is 10.2. The Bertz CT molecular complexity index is 314. The standard InChI is InChI=1S/C7H10F2N4/c8-6(9)5-3(2-10)1-4(11)7(12)13-5/h1,6H,2,10-11H2,(H2,12,13). The Morgan fingerprint density at radius 2 is 2.00 bits per heavy atom. The number of anilines is 2. The molecule has 0 atom stereocenters. The van der Waals surface area contributed by atoms with Crippen LogP contribution in [0, 0.1) is 0 Å². The van der Waals surface area contributed by atoms with E-state index in [1.807, 2.05) is 0 Å². The van der Waals surface area contributed by atoms with Crippen molar-refractivity contribution >= 4 is 11.5 Å². The first-order chi connectivity index (χ1) is 6.06. The van der Waals surface area contributed by atoms with E-state index in [0.29, 0.717) is 0 Å². The molecule has 72 valence electrons. The van der Waals surface area contributed by atoms with E-state index in [4.69, 9.17) is 17.2 Å². The van der Waals surface area contributed by atoms with E-state index < -0.39 is 12.1 Å². The molecule has 13 heavy (non-hydrogen) atoms. The summed E-state index contributed by atoms with van der Waals surface area (Å²) in [7, 11) is 0. The molecule has 0 saturated heterocycles. The average Bonchev–Trinajstić information content (AvgIpc) is 2.08. The first-order valence-electron chi connectivity index (χ1n) is 3.59. The van der Waals surface area contributed by atoms with Gasteiger partial charge in [0.05, 0.1) is 5.69 Å². The number of hydrogen-bond acceptors (Lipinski definition) is 4. The van der Waals surface area contributed by atoms with Crippen molar-refractivity contribution in [3.05, 3.63) is 17.3 Å². The first-order valence-corrected chi connectivity index (χ1v) is 3.59. The van der Waals surface area contributed by atoms with Gasteiger partial charge in [0.2, 0.25) is 0 Å². The largest absolute Gasteiger partial charge is 0.396 e. The molecule has 0 fully saturated rings. The molecule has 6 heteroatoms. The number of alkyl halides is 2. The van der Waals surface area contributed by atoms with Crippen LogP contribution in [0.3, 0.4) is 0 Å². The lowest BCUT2D eigenvalue weighted by Crippen LogP contribution is -2.08. The van der Waals surface area contributed by atoms with Crippen LogP contribution in [0.2, 0.25) is 0 Å². The van der Waals surface area contributed by atoms with Gasteiger partial charge in [0.15, 0.2) is 0 Å². The molecule has 0 saturated carbocycles. The zero-order valence-corrected chi connectivity index (χ0v) is 6.80. The maximum Gasteiger partial charge on any atom is 0.280 e. The Morgan fingerprint density at radius 1 is 1.38 bits per heavy atom. The van der Waals surface area contributed by atoms with Crippen LogP contribution in [0.1, 0.15) is 17.7 Å². The summed E-state index contributed by atoms with van der Waals surface area (Å²) < 4.78 is 24.6. The third kappa shape index (κ3) is 1.83. The molecule has 0 amide bonds. The number of nitrogens with two attached hydrogens (primary N) is 3. The Morgan fingerprint density at radius 3 is 2.46 bits per heavy atom. The topological polar surface area (TPSA) is 91.0 Å². The second kappa shape index (κ2) is 3.53. The minimum atomic E-state index is -2.68. The van der Waals surface area contributed by atoms with Gasteiger partial charge in [0.1, 0.15) is 11.5 Å². The van der Waals surface area contributed by atoms with Crippen molar-refractivity contribution in [2.45, 2.75) is 13.0 Å². The van der Waals surface area contributed by atoms with Gasteiger partial charge in [-0.25, -0.2) is 13.8 Å². The van der Waals surface area contributed by atoms with Crippen LogP contribution in [-0.2, 0) is 6.54 Å². The van der Waals surface area contributed by atoms with Gasteiger partial charge < -0.3 is 17.2 Å². The molecule has 1 rings (SSSR count). The van der Waals surface area contributed by atoms with E-state index >= 15 is 0 Å². The maximum atomic E-state index is 12.3. The third-order valence-electron chi connectivity index (χ3n) is 1.62. The van der Waals surface area contributed by atoms with Crippen LogP contribution >= 0.6 is 0 Å². The van der Waals surface area contributed by atoms with Crippen LogP contribution < -0.4 is 17.2 Å². The zero-order chi connectivity index (χ0) is 10.0. The second-order valence-electron chi connectivity index (χ2n) is 2.51. The van der Waals surface area contributed by atoms with Crippen LogP contribution in [0.25, 0.3) is 0 Å². The van der Waals surface area contributed by atoms with Gasteiger partial charge in [-0.05, 0) is 11.6 Å². The summed E-state index contributed by atoms with van der Waals surface area (Å²) in [6, 6.07) is 1.32. The quantitative estimate of drug-likeness (QED) is 0.635. The third-order valence-corrected chi connectivity index (χ3v) is 1.62. The predicted molar refractivity (Wildman–Crippen MR) is 45.9 cm³/mol. The first kappa shape index (κ1) is 9.66. The Labute approximate surface area is 73.7 Å². The van der Waals surface area contributed by atoms with Gasteiger partial charge in [-0.1, -0.05) is 0 Å². The molecule has 0 aliphatic carbocycles. The van der Waals surface area contributed by atoms with Crippen LogP contribution in [0.15, 0.2) is 6.07 Å². The van der Waals surface area contributed by atoms with E-state index in [1.165, 1.54) is 6.07 Å². The molecule has 0 unspecified atom stereocenters. The molecule has 4 nitrogen and oxygen atoms in total. The van der Waals surface area contributed by atoms with Crippen molar-refractivity contribution in [1.82, 2.24) is 4.98 Å². The normalized spacial score (nSPS) is 10.8. The SMILES string of the molecule is NCc1cc(N)c(N)nc1C(F)F. The number of hydrogen-bond donors (Lipinski definition) is 3. The van der Waals surface area contributed by atoms with E-state index in [0.717, 1.165) is 0 Å². The molecule has 1 aromatic heterocycles. The second-order valence-corrected chi connectivity index (χ2v) is 2.51. The number of nitrogen functional groups attached to an aromatic ring is 2. The molecule has 6 N–H and O–H groups in total. The van der Waals surface area contributed by atoms with Crippen molar-refractivity contribution in [3.8, 4) is 0 Å². The molecule has 1 aromatic rings. The molecular weight excluding hydrogens is 178 g/mol. The molecular formula is C7H10F2N4. The number of halogens is 2. The Hall–Kier alpha value is -1.43. The molecule has 0 radical (unpaired) electrons. The van der Waals surface area contributed by atoms with Crippen molar-refractivity contribution < 1.29 is 8.78 Å². The molecule has 1 heterocycles. The summed E-state index contributed by atoms with van der Waals surface area (Å²) in [5.74, 6) is -0.0903. The maximum absolute atomic E-state index is 12.3. The molecule has 0 aromatic carbocycles. The summed E-state index contributed by atoms with van der Waals surface area (Å²) in [6.45, 7) is -0.0306. The smallest absolute Gasteiger partial charge is 0.280 e. The highest BCUT2D eigenvalue weighted by molar-refractivity contribution is 5.60. The van der Waals surface area contributed by atoms with Crippen molar-refractivity contribution in [2.24, 2.45) is 5.73 Å². The van der Waals surface area contributed by atoms with Crippen LogP contribution in [0.4, 0.5) is 20.3 Å². The van der Waals surface area contributed by atoms with Gasteiger partial charge in [0.25, 0.3) is 6.43 Å². The predicted octanol–water partition coefficient (Wildman–Crippen LogP) is 0.642. The zero-order valence-electron chi connectivity index (χ0n) is 6.80. The molecule has 0 spiro atoms. The summed E-state index contributed by atoms with van der Waals surface area (Å²) in [5, 5.41) is 0. The van der Waals surface area contributed by atoms with E-state index in [9.17, 15) is 8.78 Å². The van der Waals surface area contributed by atoms with Gasteiger partial charge in [0, 0.05) is 6.54 Å². The monoisotopic (exact) mass is 188 g/mol. The van der Waals surface area contributed by atoms with Gasteiger partial charge in [-0.3, -0.25) is 0 Å². The van der Waals surface area contributed by atoms with Gasteiger partial charge >= 0.3 is 0 Å². The molecule has 0 aliphatic rings. The van der Waals surface area contributed by atoms with E-state index in [-0.39, 0.29) is 23.6 Å². The van der Waals surface area contributed by atoms with Crippen LogP contribution in [-0.4, -0.2) is 4.98 Å². The summed E-state index contributed by atoms with van der Waals surface area (Å²) in [5.41, 5.74) is 15.9. The molecule has 0 bridgehead atoms. The van der Waals surface area contributed by atoms with E-state index in [1.54, 1.807) is 0 Å². The number of nitrogens with zero attached hydrogens (tertiary/aromatic N) is 1. The summed E-state index contributed by atoms with van der Waals surface area (Å²) in [6.07, 6.45) is -2.68. The van der Waals surface area contributed by atoms with Crippen molar-refractivity contribution in [3.63, 3.8) is 0 Å². The highest BCUT2D eigenvalue weighted by Crippen LogP contribution is 2.25. The summed E-state index contributed by atoms with van der Waals surface area (Å²) >= 11 is 0. The van der Waals surface area contributed by atoms with Gasteiger partial charge in [-0.15, -0.1) is 0 Å². The fourth-order valence-corrected chi connectivity index (χ4v) is 0.954. The van der Waals surface area contributed by atoms with Crippen LogP contribution in [0.5, 0.6) is 0 Å². The van der Waals surface area contributed by atoms with Crippen molar-refractivity contribution in [1.29, 1.82) is 0 Å². The Kier molecular flexibility index (Phi) is 2.62. The number of pyridine rings is 1. The fourth-order valence-electron chi connectivity index (χ4n) is 0.954. The average molecular weight is 188 g/mol. The van der Waals surface area contributed by atoms with Gasteiger partial charge in [-0.2, -0.15) is 0 Å². The van der Waals surface area contributed by atoms with Crippen molar-refractivity contribution in [2.75, 3.05) is 11.5 Å². The fraction of sp³-hybridized carbons (Fsp3) is 0.286.